The molecule has 10 N–H and O–H groups in total. The second-order valence-corrected chi connectivity index (χ2v) is 36.3. The van der Waals surface area contributed by atoms with E-state index in [9.17, 15) is 74.6 Å². The summed E-state index contributed by atoms with van der Waals surface area (Å²) in [4.78, 5) is 66.5. The highest BCUT2D eigenvalue weighted by molar-refractivity contribution is 7.47. The molecule has 0 aromatic rings. The molecule has 2 heterocycles. The summed E-state index contributed by atoms with van der Waals surface area (Å²) in [5.41, 5.74) is 0. The average Bonchev–Trinajstić information content (AvgIpc) is 0.753. The van der Waals surface area contributed by atoms with Gasteiger partial charge in [-0.1, -0.05) is 355 Å². The normalized spacial score (nSPS) is 25.1. The van der Waals surface area contributed by atoms with Crippen molar-refractivity contribution in [1.82, 2.24) is 0 Å². The standard InChI is InChI=1S/C93H173O25P/c1-6-10-14-18-22-25-28-31-33-35-38-40-43-46-53-59-65-77(96)110-71-75-81(100)83(102)87(106)93(114-75)117-90-88(115-79(98)67-61-55-49-48-51-57-63-72(5)62-56-50-21-17-13-9-4)84(103)85(104)89(116-92-86(105)82(101)80(99)74(68-94)113-92)91(90)118-119(107,108)111-70-73(112-78(97)66-60-54-47-44-41-36-30-27-24-20-16-12-8-3)69-109-76(95)64-58-52-45-42-39-37-34-32-29-26-23-19-15-11-7-2/h36,41,72-75,80-94,99-106H,6-35,37-40,42-71H2,1-5H3,(H,107,108)/b41-36-. The lowest BCUT2D eigenvalue weighted by Gasteiger charge is -2.50. The summed E-state index contributed by atoms with van der Waals surface area (Å²) in [6.07, 6.45) is 29.2. The number of phosphoric acid groups is 1. The quantitative estimate of drug-likeness (QED) is 0.00889. The Hall–Kier alpha value is -2.79. The molecular formula is C93H173O25P. The summed E-state index contributed by atoms with van der Waals surface area (Å²) in [6.45, 7) is 7.91. The molecule has 19 atom stereocenters. The zero-order chi connectivity index (χ0) is 86.9. The summed E-state index contributed by atoms with van der Waals surface area (Å²) in [5.74, 6) is -2.34. The second kappa shape index (κ2) is 71.3. The molecule has 119 heavy (non-hydrogen) atoms. The molecule has 0 spiro atoms. The van der Waals surface area contributed by atoms with Crippen molar-refractivity contribution in [2.75, 3.05) is 26.4 Å². The van der Waals surface area contributed by atoms with Crippen molar-refractivity contribution in [1.29, 1.82) is 0 Å². The van der Waals surface area contributed by atoms with E-state index in [1.165, 1.54) is 199 Å². The van der Waals surface area contributed by atoms with Gasteiger partial charge in [0.05, 0.1) is 13.2 Å². The predicted molar refractivity (Wildman–Crippen MR) is 463 cm³/mol. The number of aliphatic hydroxyl groups excluding tert-OH is 9. The maximum atomic E-state index is 14.9. The molecular weight excluding hydrogens is 1550 g/mol. The van der Waals surface area contributed by atoms with Crippen LogP contribution in [0, 0.1) is 5.92 Å². The average molecular weight is 1720 g/mol. The molecule has 3 rings (SSSR count). The van der Waals surface area contributed by atoms with Crippen LogP contribution < -0.4 is 0 Å². The van der Waals surface area contributed by atoms with E-state index in [1.54, 1.807) is 0 Å². The van der Waals surface area contributed by atoms with Crippen LogP contribution in [0.2, 0.25) is 0 Å². The van der Waals surface area contributed by atoms with Crippen LogP contribution in [-0.2, 0) is 70.7 Å². The fraction of sp³-hybridized carbons (Fsp3) is 0.935. The Balaban J connectivity index is 1.91. The van der Waals surface area contributed by atoms with Crippen LogP contribution in [0.15, 0.2) is 12.2 Å². The van der Waals surface area contributed by atoms with Crippen molar-refractivity contribution >= 4 is 31.7 Å². The van der Waals surface area contributed by atoms with E-state index in [-0.39, 0.29) is 25.7 Å². The van der Waals surface area contributed by atoms with Gasteiger partial charge >= 0.3 is 31.7 Å². The van der Waals surface area contributed by atoms with E-state index in [1.807, 2.05) is 0 Å². The van der Waals surface area contributed by atoms with Gasteiger partial charge in [-0.2, -0.15) is 0 Å². The number of hydrogen-bond donors (Lipinski definition) is 10. The smallest absolute Gasteiger partial charge is 0.463 e. The van der Waals surface area contributed by atoms with Crippen molar-refractivity contribution in [2.45, 2.75) is 524 Å². The number of carbonyl (C=O) groups excluding carboxylic acids is 4. The van der Waals surface area contributed by atoms with Crippen molar-refractivity contribution in [3.8, 4) is 0 Å². The third-order valence-electron chi connectivity index (χ3n) is 23.9. The maximum absolute atomic E-state index is 14.9. The van der Waals surface area contributed by atoms with Gasteiger partial charge in [-0.05, 0) is 57.3 Å². The molecule has 2 saturated heterocycles. The number of rotatable bonds is 78. The van der Waals surface area contributed by atoms with Gasteiger partial charge in [0.1, 0.15) is 92.6 Å². The molecule has 25 nitrogen and oxygen atoms in total. The van der Waals surface area contributed by atoms with Crippen molar-refractivity contribution in [2.24, 2.45) is 5.92 Å². The zero-order valence-corrected chi connectivity index (χ0v) is 75.7. The zero-order valence-electron chi connectivity index (χ0n) is 74.8. The summed E-state index contributed by atoms with van der Waals surface area (Å²) in [7, 11) is -5.81. The van der Waals surface area contributed by atoms with Gasteiger partial charge in [-0.15, -0.1) is 0 Å². The van der Waals surface area contributed by atoms with E-state index < -0.39 is 162 Å². The summed E-state index contributed by atoms with van der Waals surface area (Å²) < 4.78 is 73.5. The third-order valence-corrected chi connectivity index (χ3v) is 24.9. The molecule has 0 bridgehead atoms. The first kappa shape index (κ1) is 110. The fourth-order valence-electron chi connectivity index (χ4n) is 16.1. The summed E-state index contributed by atoms with van der Waals surface area (Å²) in [6, 6.07) is 0. The Kier molecular flexibility index (Phi) is 66.1. The molecule has 19 unspecified atom stereocenters. The van der Waals surface area contributed by atoms with Gasteiger partial charge in [0.15, 0.2) is 24.8 Å². The number of esters is 4. The Labute approximate surface area is 718 Å². The number of aliphatic hydroxyl groups is 9. The van der Waals surface area contributed by atoms with Crippen LogP contribution in [0.1, 0.15) is 420 Å². The Bertz CT molecular complexity index is 2530. The maximum Gasteiger partial charge on any atom is 0.472 e. The Morgan fingerprint density at radius 2 is 0.681 bits per heavy atom. The van der Waals surface area contributed by atoms with Crippen LogP contribution in [0.3, 0.4) is 0 Å². The highest BCUT2D eigenvalue weighted by Crippen LogP contribution is 2.49. The SMILES string of the molecule is CCCCCCCC/C=C\CCCCCC(=O)OC(COC(=O)CCCCCCCCCCCCCCCCC)COP(=O)(O)OC1C(OC2OC(CO)C(O)C(O)C2O)C(O)C(O)C(OC(=O)CCCCCCCCC(C)CCCCCCCC)C1OC1OC(COC(=O)CCCCCCCCCCCCCCCCCC)C(O)C(O)C1O. The lowest BCUT2D eigenvalue weighted by Crippen LogP contribution is -2.70. The van der Waals surface area contributed by atoms with Crippen LogP contribution in [0.25, 0.3) is 0 Å². The Morgan fingerprint density at radius 3 is 1.09 bits per heavy atom. The minimum atomic E-state index is -5.81. The Morgan fingerprint density at radius 1 is 0.353 bits per heavy atom. The molecule has 700 valence electrons. The molecule has 26 heteroatoms. The molecule has 0 amide bonds. The number of phosphoric ester groups is 1. The van der Waals surface area contributed by atoms with Crippen LogP contribution in [0.4, 0.5) is 0 Å². The van der Waals surface area contributed by atoms with Gasteiger partial charge in [-0.25, -0.2) is 4.57 Å². The minimum Gasteiger partial charge on any atom is -0.463 e. The van der Waals surface area contributed by atoms with E-state index in [4.69, 9.17) is 46.9 Å². The first-order valence-electron chi connectivity index (χ1n) is 48.3. The van der Waals surface area contributed by atoms with Gasteiger partial charge in [0, 0.05) is 25.7 Å². The number of ether oxygens (including phenoxy) is 8. The van der Waals surface area contributed by atoms with Crippen LogP contribution in [-0.4, -0.2) is 205 Å². The van der Waals surface area contributed by atoms with Crippen molar-refractivity contribution < 1.29 is 122 Å². The van der Waals surface area contributed by atoms with E-state index in [0.29, 0.717) is 44.4 Å². The summed E-state index contributed by atoms with van der Waals surface area (Å²) in [5, 5.41) is 102. The monoisotopic (exact) mass is 1720 g/mol. The topological polar surface area (TPSA) is 380 Å². The summed E-state index contributed by atoms with van der Waals surface area (Å²) >= 11 is 0. The molecule has 3 fully saturated rings. The predicted octanol–water partition coefficient (Wildman–Crippen LogP) is 18.2. The molecule has 3 aliphatic rings. The number of allylic oxidation sites excluding steroid dienone is 2. The third kappa shape index (κ3) is 51.6. The van der Waals surface area contributed by atoms with E-state index in [0.717, 1.165) is 122 Å². The number of carbonyl (C=O) groups is 4. The lowest BCUT2D eigenvalue weighted by molar-refractivity contribution is -0.360. The molecule has 0 aromatic heterocycles. The first-order chi connectivity index (χ1) is 57.6. The minimum absolute atomic E-state index is 0.0180. The van der Waals surface area contributed by atoms with Gasteiger partial charge in [0.25, 0.3) is 0 Å². The van der Waals surface area contributed by atoms with Crippen LogP contribution >= 0.6 is 7.82 Å². The number of hydrogen-bond acceptors (Lipinski definition) is 24. The van der Waals surface area contributed by atoms with E-state index >= 15 is 0 Å². The second-order valence-electron chi connectivity index (χ2n) is 34.9. The highest BCUT2D eigenvalue weighted by Gasteiger charge is 2.60. The highest BCUT2D eigenvalue weighted by atomic mass is 31.2. The van der Waals surface area contributed by atoms with Crippen molar-refractivity contribution in [3.63, 3.8) is 0 Å². The van der Waals surface area contributed by atoms with Crippen molar-refractivity contribution in [3.05, 3.63) is 12.2 Å². The van der Waals surface area contributed by atoms with Crippen LogP contribution in [0.5, 0.6) is 0 Å². The van der Waals surface area contributed by atoms with Gasteiger partial charge in [-0.3, -0.25) is 28.2 Å². The van der Waals surface area contributed by atoms with E-state index in [2.05, 4.69) is 46.8 Å². The molecule has 1 saturated carbocycles. The number of unbranched alkanes of at least 4 members (excludes halogenated alkanes) is 48. The largest absolute Gasteiger partial charge is 0.472 e. The molecule has 0 radical (unpaired) electrons. The van der Waals surface area contributed by atoms with Gasteiger partial charge < -0.3 is 88.7 Å². The fourth-order valence-corrected chi connectivity index (χ4v) is 17.1. The molecule has 1 aliphatic carbocycles. The first-order valence-corrected chi connectivity index (χ1v) is 49.8. The lowest BCUT2D eigenvalue weighted by atomic mass is 9.84. The molecule has 2 aliphatic heterocycles. The molecule has 0 aromatic carbocycles. The van der Waals surface area contributed by atoms with Gasteiger partial charge in [0.2, 0.25) is 0 Å².